The van der Waals surface area contributed by atoms with E-state index in [1.807, 2.05) is 0 Å². The van der Waals surface area contributed by atoms with Gasteiger partial charge in [-0.3, -0.25) is 0 Å². The number of esters is 1. The first-order valence-electron chi connectivity index (χ1n) is 4.37. The van der Waals surface area contributed by atoms with E-state index in [1.165, 1.54) is 0 Å². The number of rotatable bonds is 2. The van der Waals surface area contributed by atoms with Gasteiger partial charge in [-0.2, -0.15) is 13.2 Å². The maximum Gasteiger partial charge on any atom is 0.422 e. The Morgan fingerprint density at radius 1 is 1.29 bits per heavy atom. The van der Waals surface area contributed by atoms with Crippen LogP contribution in [0.5, 0.6) is 5.75 Å². The van der Waals surface area contributed by atoms with Crippen molar-refractivity contribution in [3.8, 4) is 5.75 Å². The maximum atomic E-state index is 12.8. The molecule has 0 spiro atoms. The minimum Gasteiger partial charge on any atom is -0.508 e. The molecule has 0 heterocycles. The predicted octanol–water partition coefficient (Wildman–Crippen LogP) is 2.56. The number of aromatic hydroxyl groups is 1. The van der Waals surface area contributed by atoms with Crippen LogP contribution in [0.3, 0.4) is 0 Å². The number of ether oxygens (including phenoxy) is 1. The van der Waals surface area contributed by atoms with Crippen LogP contribution in [0.1, 0.15) is 5.56 Å². The minimum atomic E-state index is -5.02. The van der Waals surface area contributed by atoms with Crippen LogP contribution < -0.4 is 0 Å². The second-order valence-corrected chi connectivity index (χ2v) is 3.76. The van der Waals surface area contributed by atoms with Gasteiger partial charge in [0.2, 0.25) is 0 Å². The third-order valence-electron chi connectivity index (χ3n) is 2.12. The van der Waals surface area contributed by atoms with Gasteiger partial charge in [0, 0.05) is 0 Å². The lowest BCUT2D eigenvalue weighted by molar-refractivity contribution is -0.189. The standard InChI is InChI=1S/C10H8ClF3O3/c1-17-8(16)9(11,10(12,13)14)6-2-4-7(15)5-3-6/h2-5,15H,1H3/t9-/m1/s1. The molecule has 0 aliphatic carbocycles. The van der Waals surface area contributed by atoms with Crippen molar-refractivity contribution in [2.45, 2.75) is 11.1 Å². The second kappa shape index (κ2) is 4.44. The summed E-state index contributed by atoms with van der Waals surface area (Å²) in [6, 6.07) is 3.82. The highest BCUT2D eigenvalue weighted by Crippen LogP contribution is 2.45. The molecule has 0 radical (unpaired) electrons. The molecule has 1 aromatic rings. The average molecular weight is 269 g/mol. The van der Waals surface area contributed by atoms with Gasteiger partial charge >= 0.3 is 12.1 Å². The van der Waals surface area contributed by atoms with Crippen molar-refractivity contribution in [3.05, 3.63) is 29.8 Å². The number of phenols is 1. The lowest BCUT2D eigenvalue weighted by Gasteiger charge is -2.27. The van der Waals surface area contributed by atoms with Crippen LogP contribution >= 0.6 is 11.6 Å². The van der Waals surface area contributed by atoms with E-state index in [-0.39, 0.29) is 5.75 Å². The van der Waals surface area contributed by atoms with E-state index in [0.717, 1.165) is 31.4 Å². The molecule has 0 aliphatic heterocycles. The Bertz CT molecular complexity index is 416. The Balaban J connectivity index is 3.34. The van der Waals surface area contributed by atoms with E-state index in [2.05, 4.69) is 4.74 Å². The summed E-state index contributed by atoms with van der Waals surface area (Å²) in [4.78, 5) is 7.96. The van der Waals surface area contributed by atoms with Crippen molar-refractivity contribution in [1.82, 2.24) is 0 Å². The van der Waals surface area contributed by atoms with Crippen molar-refractivity contribution >= 4 is 17.6 Å². The third-order valence-corrected chi connectivity index (χ3v) is 2.71. The third kappa shape index (κ3) is 2.31. The fourth-order valence-electron chi connectivity index (χ4n) is 1.23. The Labute approximate surface area is 99.8 Å². The van der Waals surface area contributed by atoms with Gasteiger partial charge in [-0.05, 0) is 17.7 Å². The number of benzene rings is 1. The largest absolute Gasteiger partial charge is 0.508 e. The van der Waals surface area contributed by atoms with Gasteiger partial charge in [0.25, 0.3) is 4.87 Å². The quantitative estimate of drug-likeness (QED) is 0.662. The van der Waals surface area contributed by atoms with E-state index in [4.69, 9.17) is 16.7 Å². The first-order chi connectivity index (χ1) is 7.73. The molecule has 1 rings (SSSR count). The van der Waals surface area contributed by atoms with Crippen molar-refractivity contribution in [1.29, 1.82) is 0 Å². The van der Waals surface area contributed by atoms with Crippen LogP contribution in [0.4, 0.5) is 13.2 Å². The zero-order valence-corrected chi connectivity index (χ0v) is 9.34. The number of methoxy groups -OCH3 is 1. The van der Waals surface area contributed by atoms with E-state index in [9.17, 15) is 18.0 Å². The average Bonchev–Trinajstić information content (AvgIpc) is 2.26. The van der Waals surface area contributed by atoms with E-state index < -0.39 is 22.6 Å². The molecule has 0 amide bonds. The number of alkyl halides is 4. The first-order valence-corrected chi connectivity index (χ1v) is 4.75. The van der Waals surface area contributed by atoms with E-state index in [0.29, 0.717) is 0 Å². The second-order valence-electron chi connectivity index (χ2n) is 3.19. The summed E-state index contributed by atoms with van der Waals surface area (Å²) in [5.41, 5.74) is -0.517. The van der Waals surface area contributed by atoms with E-state index >= 15 is 0 Å². The van der Waals surface area contributed by atoms with Crippen LogP contribution in [-0.2, 0) is 14.4 Å². The molecule has 0 saturated heterocycles. The Hall–Kier alpha value is -1.43. The fourth-order valence-corrected chi connectivity index (χ4v) is 1.43. The summed E-state index contributed by atoms with van der Waals surface area (Å²) in [5, 5.41) is 8.98. The van der Waals surface area contributed by atoms with Crippen molar-refractivity contribution in [2.75, 3.05) is 7.11 Å². The van der Waals surface area contributed by atoms with Gasteiger partial charge in [-0.25, -0.2) is 4.79 Å². The highest BCUT2D eigenvalue weighted by molar-refractivity contribution is 6.34. The topological polar surface area (TPSA) is 46.5 Å². The van der Waals surface area contributed by atoms with Crippen LogP contribution in [0.2, 0.25) is 0 Å². The number of carbonyl (C=O) groups is 1. The fraction of sp³-hybridized carbons (Fsp3) is 0.300. The van der Waals surface area contributed by atoms with Gasteiger partial charge in [0.15, 0.2) is 0 Å². The first kappa shape index (κ1) is 13.6. The molecule has 1 aromatic carbocycles. The lowest BCUT2D eigenvalue weighted by Crippen LogP contribution is -2.45. The van der Waals surface area contributed by atoms with Crippen LogP contribution in [0.25, 0.3) is 0 Å². The number of hydrogen-bond donors (Lipinski definition) is 1. The van der Waals surface area contributed by atoms with Crippen molar-refractivity contribution in [3.63, 3.8) is 0 Å². The Kier molecular flexibility index (Phi) is 3.56. The van der Waals surface area contributed by atoms with Gasteiger partial charge < -0.3 is 9.84 Å². The molecule has 0 saturated carbocycles. The molecule has 94 valence electrons. The number of halogens is 4. The molecule has 1 atom stereocenters. The molecule has 0 fully saturated rings. The summed E-state index contributed by atoms with van der Waals surface area (Å²) in [6.45, 7) is 0. The summed E-state index contributed by atoms with van der Waals surface area (Å²) >= 11 is 5.36. The monoisotopic (exact) mass is 268 g/mol. The predicted molar refractivity (Wildman–Crippen MR) is 53.7 cm³/mol. The molecule has 7 heteroatoms. The molecular weight excluding hydrogens is 261 g/mol. The lowest BCUT2D eigenvalue weighted by atomic mass is 9.97. The van der Waals surface area contributed by atoms with Gasteiger partial charge in [-0.15, -0.1) is 0 Å². The molecular formula is C10H8ClF3O3. The summed E-state index contributed by atoms with van der Waals surface area (Å²) in [7, 11) is 0.811. The maximum absolute atomic E-state index is 12.8. The van der Waals surface area contributed by atoms with Crippen LogP contribution in [0, 0.1) is 0 Å². The molecule has 17 heavy (non-hydrogen) atoms. The van der Waals surface area contributed by atoms with Gasteiger partial charge in [0.05, 0.1) is 7.11 Å². The zero-order chi connectivity index (χ0) is 13.3. The molecule has 0 aromatic heterocycles. The molecule has 0 unspecified atom stereocenters. The van der Waals surface area contributed by atoms with Gasteiger partial charge in [-0.1, -0.05) is 23.7 Å². The highest BCUT2D eigenvalue weighted by atomic mass is 35.5. The molecule has 0 bridgehead atoms. The van der Waals surface area contributed by atoms with Crippen molar-refractivity contribution < 1.29 is 27.8 Å². The number of phenolic OH excluding ortho intramolecular Hbond substituents is 1. The van der Waals surface area contributed by atoms with Crippen LogP contribution in [-0.4, -0.2) is 24.4 Å². The number of carbonyl (C=O) groups excluding carboxylic acids is 1. The van der Waals surface area contributed by atoms with Crippen molar-refractivity contribution in [2.24, 2.45) is 0 Å². The molecule has 1 N–H and O–H groups in total. The van der Waals surface area contributed by atoms with Crippen LogP contribution in [0.15, 0.2) is 24.3 Å². The number of hydrogen-bond acceptors (Lipinski definition) is 3. The SMILES string of the molecule is COC(=O)[C@](Cl)(c1ccc(O)cc1)C(F)(F)F. The normalized spacial score (nSPS) is 15.1. The molecule has 3 nitrogen and oxygen atoms in total. The zero-order valence-electron chi connectivity index (χ0n) is 8.58. The summed E-state index contributed by atoms with van der Waals surface area (Å²) in [5.74, 6) is -1.86. The summed E-state index contributed by atoms with van der Waals surface area (Å²) < 4.78 is 42.6. The minimum absolute atomic E-state index is 0.236. The smallest absolute Gasteiger partial charge is 0.422 e. The highest BCUT2D eigenvalue weighted by Gasteiger charge is 2.61. The van der Waals surface area contributed by atoms with Gasteiger partial charge in [0.1, 0.15) is 5.75 Å². The summed E-state index contributed by atoms with van der Waals surface area (Å²) in [6.07, 6.45) is -5.02. The Morgan fingerprint density at radius 2 is 1.76 bits per heavy atom. The molecule has 0 aliphatic rings. The van der Waals surface area contributed by atoms with E-state index in [1.54, 1.807) is 0 Å². The Morgan fingerprint density at radius 3 is 2.12 bits per heavy atom.